The number of ether oxygens (including phenoxy) is 1. The molecule has 3 aromatic carbocycles. The van der Waals surface area contributed by atoms with Crippen LogP contribution in [0.5, 0.6) is 5.75 Å². The molecule has 0 spiro atoms. The van der Waals surface area contributed by atoms with E-state index < -0.39 is 6.04 Å². The molecule has 32 heavy (non-hydrogen) atoms. The first-order chi connectivity index (χ1) is 15.5. The minimum Gasteiger partial charge on any atom is -0.484 e. The molecule has 2 amide bonds. The molecule has 5 nitrogen and oxygen atoms in total. The third-order valence-corrected chi connectivity index (χ3v) is 5.30. The Morgan fingerprint density at radius 2 is 1.62 bits per heavy atom. The Kier molecular flexibility index (Phi) is 7.97. The number of hydrogen-bond donors (Lipinski definition) is 1. The van der Waals surface area contributed by atoms with Gasteiger partial charge in [-0.1, -0.05) is 54.6 Å². The van der Waals surface area contributed by atoms with Crippen LogP contribution in [-0.2, 0) is 22.6 Å². The number of hydrogen-bond acceptors (Lipinski definition) is 3. The molecule has 0 aromatic heterocycles. The Balaban J connectivity index is 1.87. The summed E-state index contributed by atoms with van der Waals surface area (Å²) in [5, 5.41) is 2.69. The molecule has 0 aliphatic heterocycles. The lowest BCUT2D eigenvalue weighted by Crippen LogP contribution is -2.51. The lowest BCUT2D eigenvalue weighted by molar-refractivity contribution is -0.142. The molecule has 1 atom stereocenters. The minimum absolute atomic E-state index is 0.252. The molecule has 0 saturated heterocycles. The predicted octanol–water partition coefficient (Wildman–Crippen LogP) is 3.90. The molecule has 3 rings (SSSR count). The van der Waals surface area contributed by atoms with Crippen molar-refractivity contribution in [1.29, 1.82) is 0 Å². The van der Waals surface area contributed by atoms with Crippen LogP contribution >= 0.6 is 0 Å². The largest absolute Gasteiger partial charge is 0.484 e. The molecule has 0 aliphatic carbocycles. The average molecular weight is 435 g/mol. The van der Waals surface area contributed by atoms with E-state index >= 15 is 0 Å². The highest BCUT2D eigenvalue weighted by Gasteiger charge is 2.30. The lowest BCUT2D eigenvalue weighted by Gasteiger charge is -2.31. The summed E-state index contributed by atoms with van der Waals surface area (Å²) in [5.74, 6) is -0.581. The first-order valence-electron chi connectivity index (χ1n) is 10.5. The van der Waals surface area contributed by atoms with Gasteiger partial charge in [-0.05, 0) is 47.9 Å². The SMILES string of the molecule is CNC(=O)[C@H](Cc1ccccc1)N(Cc1ccccc1C)C(=O)COc1ccc(F)cc1. The van der Waals surface area contributed by atoms with Gasteiger partial charge in [-0.2, -0.15) is 0 Å². The summed E-state index contributed by atoms with van der Waals surface area (Å²) in [5.41, 5.74) is 2.92. The van der Waals surface area contributed by atoms with Gasteiger partial charge in [0.1, 0.15) is 17.6 Å². The lowest BCUT2D eigenvalue weighted by atomic mass is 10.0. The number of halogens is 1. The monoisotopic (exact) mass is 434 g/mol. The first-order valence-corrected chi connectivity index (χ1v) is 10.5. The Morgan fingerprint density at radius 1 is 0.969 bits per heavy atom. The van der Waals surface area contributed by atoms with Gasteiger partial charge in [-0.3, -0.25) is 9.59 Å². The molecule has 0 heterocycles. The average Bonchev–Trinajstić information content (AvgIpc) is 2.82. The zero-order valence-corrected chi connectivity index (χ0v) is 18.3. The molecule has 0 fully saturated rings. The van der Waals surface area contributed by atoms with Crippen molar-refractivity contribution in [3.63, 3.8) is 0 Å². The molecular weight excluding hydrogens is 407 g/mol. The third kappa shape index (κ3) is 6.17. The Morgan fingerprint density at radius 3 is 2.28 bits per heavy atom. The van der Waals surface area contributed by atoms with Crippen LogP contribution in [0.25, 0.3) is 0 Å². The van der Waals surface area contributed by atoms with Crippen molar-refractivity contribution in [3.8, 4) is 5.75 Å². The molecular formula is C26H27FN2O3. The maximum absolute atomic E-state index is 13.3. The Bertz CT molecular complexity index is 1040. The highest BCUT2D eigenvalue weighted by Crippen LogP contribution is 2.18. The van der Waals surface area contributed by atoms with Crippen molar-refractivity contribution in [1.82, 2.24) is 10.2 Å². The second kappa shape index (κ2) is 11.1. The van der Waals surface area contributed by atoms with Crippen LogP contribution in [0.1, 0.15) is 16.7 Å². The van der Waals surface area contributed by atoms with Gasteiger partial charge in [0.15, 0.2) is 6.61 Å². The normalized spacial score (nSPS) is 11.5. The van der Waals surface area contributed by atoms with E-state index in [0.29, 0.717) is 12.2 Å². The molecule has 0 saturated carbocycles. The molecule has 0 radical (unpaired) electrons. The first kappa shape index (κ1) is 23.0. The Labute approximate surface area is 187 Å². The van der Waals surface area contributed by atoms with Gasteiger partial charge in [0.25, 0.3) is 5.91 Å². The maximum Gasteiger partial charge on any atom is 0.261 e. The number of rotatable bonds is 9. The summed E-state index contributed by atoms with van der Waals surface area (Å²) in [6.45, 7) is 1.97. The van der Waals surface area contributed by atoms with E-state index in [1.54, 1.807) is 11.9 Å². The van der Waals surface area contributed by atoms with Crippen molar-refractivity contribution in [2.75, 3.05) is 13.7 Å². The van der Waals surface area contributed by atoms with Crippen LogP contribution in [0.2, 0.25) is 0 Å². The van der Waals surface area contributed by atoms with Gasteiger partial charge >= 0.3 is 0 Å². The Hall–Kier alpha value is -3.67. The summed E-state index contributed by atoms with van der Waals surface area (Å²) < 4.78 is 18.8. The number of carbonyl (C=O) groups is 2. The second-order valence-electron chi connectivity index (χ2n) is 7.51. The summed E-state index contributed by atoms with van der Waals surface area (Å²) in [7, 11) is 1.56. The minimum atomic E-state index is -0.716. The maximum atomic E-state index is 13.3. The molecule has 1 N–H and O–H groups in total. The van der Waals surface area contributed by atoms with Crippen molar-refractivity contribution in [2.24, 2.45) is 0 Å². The van der Waals surface area contributed by atoms with Crippen LogP contribution in [0.15, 0.2) is 78.9 Å². The number of nitrogens with zero attached hydrogens (tertiary/aromatic N) is 1. The van der Waals surface area contributed by atoms with Crippen LogP contribution in [-0.4, -0.2) is 36.4 Å². The van der Waals surface area contributed by atoms with E-state index in [9.17, 15) is 14.0 Å². The molecule has 166 valence electrons. The van der Waals surface area contributed by atoms with E-state index in [1.807, 2.05) is 61.5 Å². The summed E-state index contributed by atoms with van der Waals surface area (Å²) in [4.78, 5) is 27.7. The smallest absolute Gasteiger partial charge is 0.261 e. The van der Waals surface area contributed by atoms with E-state index in [0.717, 1.165) is 16.7 Å². The van der Waals surface area contributed by atoms with Gasteiger partial charge in [-0.15, -0.1) is 0 Å². The highest BCUT2D eigenvalue weighted by atomic mass is 19.1. The topological polar surface area (TPSA) is 58.6 Å². The van der Waals surface area contributed by atoms with E-state index in [-0.39, 0.29) is 30.8 Å². The third-order valence-electron chi connectivity index (χ3n) is 5.30. The van der Waals surface area contributed by atoms with E-state index in [1.165, 1.54) is 24.3 Å². The molecule has 0 aliphatic rings. The second-order valence-corrected chi connectivity index (χ2v) is 7.51. The van der Waals surface area contributed by atoms with Crippen LogP contribution in [0, 0.1) is 12.7 Å². The van der Waals surface area contributed by atoms with Crippen LogP contribution in [0.4, 0.5) is 4.39 Å². The van der Waals surface area contributed by atoms with Gasteiger partial charge in [0.05, 0.1) is 0 Å². The van der Waals surface area contributed by atoms with Crippen molar-refractivity contribution < 1.29 is 18.7 Å². The molecule has 6 heteroatoms. The van der Waals surface area contributed by atoms with Crippen molar-refractivity contribution in [3.05, 3.63) is 101 Å². The fraction of sp³-hybridized carbons (Fsp3) is 0.231. The number of aryl methyl sites for hydroxylation is 1. The van der Waals surface area contributed by atoms with Crippen molar-refractivity contribution >= 4 is 11.8 Å². The fourth-order valence-corrected chi connectivity index (χ4v) is 3.45. The molecule has 0 bridgehead atoms. The molecule has 3 aromatic rings. The van der Waals surface area contributed by atoms with Gasteiger partial charge in [0, 0.05) is 20.0 Å². The number of benzene rings is 3. The highest BCUT2D eigenvalue weighted by molar-refractivity contribution is 5.88. The van der Waals surface area contributed by atoms with Crippen LogP contribution < -0.4 is 10.1 Å². The number of carbonyl (C=O) groups excluding carboxylic acids is 2. The van der Waals surface area contributed by atoms with Gasteiger partial charge in [-0.25, -0.2) is 4.39 Å². The number of amides is 2. The zero-order valence-electron chi connectivity index (χ0n) is 18.3. The summed E-state index contributed by atoms with van der Waals surface area (Å²) >= 11 is 0. The van der Waals surface area contributed by atoms with Crippen LogP contribution in [0.3, 0.4) is 0 Å². The predicted molar refractivity (Wildman–Crippen MR) is 122 cm³/mol. The van der Waals surface area contributed by atoms with E-state index in [4.69, 9.17) is 4.74 Å². The van der Waals surface area contributed by atoms with Gasteiger partial charge in [0.2, 0.25) is 5.91 Å². The van der Waals surface area contributed by atoms with Gasteiger partial charge < -0.3 is 15.0 Å². The molecule has 0 unspecified atom stereocenters. The number of likely N-dealkylation sites (N-methyl/N-ethyl adjacent to an activating group) is 1. The number of nitrogens with one attached hydrogen (secondary N) is 1. The fourth-order valence-electron chi connectivity index (χ4n) is 3.45. The summed E-state index contributed by atoms with van der Waals surface area (Å²) in [6.07, 6.45) is 0.370. The summed E-state index contributed by atoms with van der Waals surface area (Å²) in [6, 6.07) is 22.1. The van der Waals surface area contributed by atoms with Crippen molar-refractivity contribution in [2.45, 2.75) is 25.9 Å². The zero-order chi connectivity index (χ0) is 22.9. The quantitative estimate of drug-likeness (QED) is 0.556. The standard InChI is InChI=1S/C26H27FN2O3/c1-19-8-6-7-11-21(19)17-29(25(30)18-32-23-14-12-22(27)13-15-23)24(26(31)28-2)16-20-9-4-3-5-10-20/h3-15,24H,16-18H2,1-2H3,(H,28,31)/t24-/m0/s1. The van der Waals surface area contributed by atoms with E-state index in [2.05, 4.69) is 5.32 Å².